The molecular weight excluding hydrogens is 285 g/mol. The number of piperazine rings is 1. The molecule has 4 nitrogen and oxygen atoms in total. The highest BCUT2D eigenvalue weighted by atomic mass is 19.4. The van der Waals surface area contributed by atoms with Crippen LogP contribution in [0.1, 0.15) is 25.5 Å². The fraction of sp³-hybridized carbons (Fsp3) is 0.429. The maximum Gasteiger partial charge on any atom is 0.406 e. The quantitative estimate of drug-likeness (QED) is 0.908. The largest absolute Gasteiger partial charge is 0.406 e. The Bertz CT molecular complexity index is 555. The molecule has 0 saturated carbocycles. The Labute approximate surface area is 119 Å². The molecule has 1 N–H and O–H groups in total. The second-order valence-electron chi connectivity index (χ2n) is 5.42. The number of amides is 2. The van der Waals surface area contributed by atoms with Gasteiger partial charge in [0.15, 0.2) is 0 Å². The van der Waals surface area contributed by atoms with Crippen LogP contribution in [0.2, 0.25) is 0 Å². The zero-order chi connectivity index (χ0) is 15.8. The van der Waals surface area contributed by atoms with E-state index in [1.807, 2.05) is 0 Å². The maximum atomic E-state index is 12.7. The van der Waals surface area contributed by atoms with Gasteiger partial charge in [0.05, 0.1) is 0 Å². The van der Waals surface area contributed by atoms with Gasteiger partial charge in [0.1, 0.15) is 18.1 Å². The summed E-state index contributed by atoms with van der Waals surface area (Å²) in [5.74, 6) is -1.37. The lowest BCUT2D eigenvalue weighted by Gasteiger charge is -2.44. The van der Waals surface area contributed by atoms with Crippen LogP contribution < -0.4 is 5.32 Å². The molecule has 0 aliphatic carbocycles. The fourth-order valence-electron chi connectivity index (χ4n) is 2.25. The smallest absolute Gasteiger partial charge is 0.338 e. The molecule has 7 heteroatoms. The number of benzene rings is 1. The molecule has 0 radical (unpaired) electrons. The fourth-order valence-corrected chi connectivity index (χ4v) is 2.25. The van der Waals surface area contributed by atoms with Gasteiger partial charge >= 0.3 is 6.18 Å². The van der Waals surface area contributed by atoms with Crippen molar-refractivity contribution in [1.29, 1.82) is 0 Å². The van der Waals surface area contributed by atoms with E-state index >= 15 is 0 Å². The number of alkyl halides is 3. The van der Waals surface area contributed by atoms with Crippen LogP contribution in [-0.2, 0) is 9.59 Å². The van der Waals surface area contributed by atoms with Crippen molar-refractivity contribution in [1.82, 2.24) is 10.2 Å². The molecule has 1 fully saturated rings. The molecule has 1 unspecified atom stereocenters. The van der Waals surface area contributed by atoms with Gasteiger partial charge in [-0.2, -0.15) is 13.2 Å². The third-order valence-corrected chi connectivity index (χ3v) is 3.49. The average molecular weight is 300 g/mol. The molecule has 1 aliphatic rings. The number of rotatable bonds is 2. The minimum Gasteiger partial charge on any atom is -0.338 e. The van der Waals surface area contributed by atoms with E-state index in [1.165, 1.54) is 13.8 Å². The molecule has 1 atom stereocenters. The lowest BCUT2D eigenvalue weighted by atomic mass is 9.92. The Morgan fingerprint density at radius 1 is 1.19 bits per heavy atom. The van der Waals surface area contributed by atoms with Crippen LogP contribution in [0, 0.1) is 0 Å². The summed E-state index contributed by atoms with van der Waals surface area (Å²) >= 11 is 0. The number of carbonyl (C=O) groups is 2. The van der Waals surface area contributed by atoms with E-state index in [0.29, 0.717) is 10.5 Å². The van der Waals surface area contributed by atoms with Crippen LogP contribution in [0.3, 0.4) is 0 Å². The molecule has 1 aromatic carbocycles. The molecule has 2 rings (SSSR count). The first kappa shape index (κ1) is 15.3. The van der Waals surface area contributed by atoms with Crippen molar-refractivity contribution in [3.63, 3.8) is 0 Å². The SMILES string of the molecule is CC1(C)C(=O)NC(c2ccccc2)C(=O)N1CC(F)(F)F. The average Bonchev–Trinajstić information content (AvgIpc) is 2.39. The third kappa shape index (κ3) is 3.01. The summed E-state index contributed by atoms with van der Waals surface area (Å²) < 4.78 is 38.1. The van der Waals surface area contributed by atoms with Gasteiger partial charge in [0.2, 0.25) is 5.91 Å². The molecule has 114 valence electrons. The van der Waals surface area contributed by atoms with Gasteiger partial charge in [-0.3, -0.25) is 9.59 Å². The number of hydrogen-bond donors (Lipinski definition) is 1. The van der Waals surface area contributed by atoms with Crippen molar-refractivity contribution >= 4 is 11.8 Å². The van der Waals surface area contributed by atoms with E-state index in [9.17, 15) is 22.8 Å². The zero-order valence-corrected chi connectivity index (χ0v) is 11.6. The normalized spacial score (nSPS) is 22.1. The molecule has 0 spiro atoms. The van der Waals surface area contributed by atoms with Gasteiger partial charge in [-0.15, -0.1) is 0 Å². The van der Waals surface area contributed by atoms with Crippen LogP contribution in [-0.4, -0.2) is 35.0 Å². The zero-order valence-electron chi connectivity index (χ0n) is 11.6. The predicted molar refractivity (Wildman–Crippen MR) is 69.2 cm³/mol. The molecule has 1 aromatic rings. The van der Waals surface area contributed by atoms with Crippen molar-refractivity contribution in [2.45, 2.75) is 31.6 Å². The Hall–Kier alpha value is -2.05. The third-order valence-electron chi connectivity index (χ3n) is 3.49. The number of carbonyl (C=O) groups excluding carboxylic acids is 2. The van der Waals surface area contributed by atoms with E-state index in [-0.39, 0.29) is 0 Å². The van der Waals surface area contributed by atoms with Crippen LogP contribution in [0.25, 0.3) is 0 Å². The Morgan fingerprint density at radius 2 is 1.76 bits per heavy atom. The highest BCUT2D eigenvalue weighted by molar-refractivity contribution is 5.99. The summed E-state index contributed by atoms with van der Waals surface area (Å²) in [5, 5.41) is 2.49. The molecule has 1 heterocycles. The molecule has 0 bridgehead atoms. The first-order chi connectivity index (χ1) is 9.63. The summed E-state index contributed by atoms with van der Waals surface area (Å²) in [7, 11) is 0. The molecule has 0 aromatic heterocycles. The summed E-state index contributed by atoms with van der Waals surface area (Å²) in [4.78, 5) is 25.0. The number of halogens is 3. The number of nitrogens with one attached hydrogen (secondary N) is 1. The summed E-state index contributed by atoms with van der Waals surface area (Å²) in [6.45, 7) is 1.15. The van der Waals surface area contributed by atoms with E-state index < -0.39 is 36.1 Å². The minimum atomic E-state index is -4.56. The van der Waals surface area contributed by atoms with Crippen LogP contribution in [0.5, 0.6) is 0 Å². The lowest BCUT2D eigenvalue weighted by molar-refractivity contribution is -0.181. The lowest BCUT2D eigenvalue weighted by Crippen LogP contribution is -2.66. The van der Waals surface area contributed by atoms with Gasteiger partial charge in [-0.25, -0.2) is 0 Å². The molecule has 1 saturated heterocycles. The molecule has 2 amide bonds. The highest BCUT2D eigenvalue weighted by Crippen LogP contribution is 2.31. The summed E-state index contributed by atoms with van der Waals surface area (Å²) in [6, 6.07) is 7.12. The number of nitrogens with zero attached hydrogens (tertiary/aromatic N) is 1. The van der Waals surface area contributed by atoms with E-state index in [0.717, 1.165) is 0 Å². The first-order valence-corrected chi connectivity index (χ1v) is 6.37. The topological polar surface area (TPSA) is 49.4 Å². The monoisotopic (exact) mass is 300 g/mol. The second kappa shape index (κ2) is 5.05. The molecule has 1 aliphatic heterocycles. The first-order valence-electron chi connectivity index (χ1n) is 6.37. The summed E-state index contributed by atoms with van der Waals surface area (Å²) in [6.07, 6.45) is -4.56. The Kier molecular flexibility index (Phi) is 3.69. The van der Waals surface area contributed by atoms with Crippen molar-refractivity contribution < 1.29 is 22.8 Å². The van der Waals surface area contributed by atoms with Crippen LogP contribution in [0.15, 0.2) is 30.3 Å². The van der Waals surface area contributed by atoms with Gasteiger partial charge in [-0.1, -0.05) is 30.3 Å². The maximum absolute atomic E-state index is 12.7. The van der Waals surface area contributed by atoms with Gasteiger partial charge in [0.25, 0.3) is 5.91 Å². The molecule has 21 heavy (non-hydrogen) atoms. The standard InChI is InChI=1S/C14H15F3N2O2/c1-13(2)12(21)18-10(9-6-4-3-5-7-9)11(20)19(13)8-14(15,16)17/h3-7,10H,8H2,1-2H3,(H,18,21). The van der Waals surface area contributed by atoms with Crippen LogP contribution >= 0.6 is 0 Å². The van der Waals surface area contributed by atoms with Crippen LogP contribution in [0.4, 0.5) is 13.2 Å². The van der Waals surface area contributed by atoms with Gasteiger partial charge in [0, 0.05) is 0 Å². The summed E-state index contributed by atoms with van der Waals surface area (Å²) in [5.41, 5.74) is -1.09. The van der Waals surface area contributed by atoms with Crippen molar-refractivity contribution in [2.75, 3.05) is 6.54 Å². The van der Waals surface area contributed by atoms with Crippen molar-refractivity contribution in [3.05, 3.63) is 35.9 Å². The Balaban J connectivity index is 2.37. The van der Waals surface area contributed by atoms with Crippen molar-refractivity contribution in [2.24, 2.45) is 0 Å². The number of hydrogen-bond acceptors (Lipinski definition) is 2. The van der Waals surface area contributed by atoms with E-state index in [2.05, 4.69) is 5.32 Å². The van der Waals surface area contributed by atoms with Gasteiger partial charge < -0.3 is 10.2 Å². The second-order valence-corrected chi connectivity index (χ2v) is 5.42. The highest BCUT2D eigenvalue weighted by Gasteiger charge is 2.50. The van der Waals surface area contributed by atoms with Gasteiger partial charge in [-0.05, 0) is 19.4 Å². The Morgan fingerprint density at radius 3 is 2.29 bits per heavy atom. The van der Waals surface area contributed by atoms with Crippen molar-refractivity contribution in [3.8, 4) is 0 Å². The minimum absolute atomic E-state index is 0.457. The molecular formula is C14H15F3N2O2. The van der Waals surface area contributed by atoms with E-state index in [1.54, 1.807) is 30.3 Å². The predicted octanol–water partition coefficient (Wildman–Crippen LogP) is 2.03. The van der Waals surface area contributed by atoms with E-state index in [4.69, 9.17) is 0 Å².